The number of H-pyrrole nitrogens is 1. The Bertz CT molecular complexity index is 1020. The Morgan fingerprint density at radius 1 is 1.33 bits per heavy atom. The minimum absolute atomic E-state index is 0.0265. The number of nitrogens with zero attached hydrogens (tertiary/aromatic N) is 4. The zero-order valence-electron chi connectivity index (χ0n) is 15.1. The summed E-state index contributed by atoms with van der Waals surface area (Å²) in [5.41, 5.74) is 3.62. The van der Waals surface area contributed by atoms with Gasteiger partial charge in [-0.2, -0.15) is 15.3 Å². The first-order chi connectivity index (χ1) is 13.0. The Labute approximate surface area is 156 Å². The van der Waals surface area contributed by atoms with Crippen molar-refractivity contribution in [3.63, 3.8) is 0 Å². The molecule has 1 aromatic carbocycles. The Morgan fingerprint density at radius 2 is 2.07 bits per heavy atom. The number of aromatic nitrogens is 4. The van der Waals surface area contributed by atoms with Crippen LogP contribution in [0.15, 0.2) is 42.2 Å². The van der Waals surface area contributed by atoms with Crippen LogP contribution in [0.1, 0.15) is 17.0 Å². The van der Waals surface area contributed by atoms with Crippen molar-refractivity contribution in [2.24, 2.45) is 0 Å². The molecule has 136 valence electrons. The highest BCUT2D eigenvalue weighted by Gasteiger charge is 2.14. The zero-order valence-corrected chi connectivity index (χ0v) is 15.1. The van der Waals surface area contributed by atoms with Crippen LogP contribution in [0, 0.1) is 25.2 Å². The van der Waals surface area contributed by atoms with Gasteiger partial charge in [0.2, 0.25) is 5.95 Å². The molecular weight excluding hydrogens is 344 g/mol. The number of aromatic amines is 1. The molecule has 0 spiro atoms. The van der Waals surface area contributed by atoms with E-state index in [-0.39, 0.29) is 11.5 Å². The number of methoxy groups -OCH3 is 1. The van der Waals surface area contributed by atoms with Gasteiger partial charge in [0.05, 0.1) is 7.11 Å². The summed E-state index contributed by atoms with van der Waals surface area (Å²) >= 11 is 0. The van der Waals surface area contributed by atoms with Crippen molar-refractivity contribution in [3.05, 3.63) is 59.2 Å². The van der Waals surface area contributed by atoms with E-state index in [9.17, 15) is 10.1 Å². The summed E-state index contributed by atoms with van der Waals surface area (Å²) in [6, 6.07) is 11.5. The highest BCUT2D eigenvalue weighted by atomic mass is 16.5. The molecule has 0 bridgehead atoms. The van der Waals surface area contributed by atoms with E-state index in [0.29, 0.717) is 0 Å². The molecule has 3 aromatic rings. The third-order valence-corrected chi connectivity index (χ3v) is 4.11. The molecule has 0 saturated heterocycles. The average molecular weight is 362 g/mol. The van der Waals surface area contributed by atoms with Gasteiger partial charge >= 0.3 is 0 Å². The minimum atomic E-state index is -0.552. The van der Waals surface area contributed by atoms with E-state index in [2.05, 4.69) is 25.1 Å². The number of anilines is 1. The van der Waals surface area contributed by atoms with Crippen molar-refractivity contribution >= 4 is 17.9 Å². The number of carbonyl (C=O) groups excluding carboxylic acids is 1. The molecule has 0 unspecified atom stereocenters. The molecule has 0 aliphatic heterocycles. The lowest BCUT2D eigenvalue weighted by atomic mass is 10.1. The largest absolute Gasteiger partial charge is 0.497 e. The van der Waals surface area contributed by atoms with Gasteiger partial charge in [-0.25, -0.2) is 5.10 Å². The number of ether oxygens (including phenoxy) is 1. The van der Waals surface area contributed by atoms with Crippen molar-refractivity contribution in [2.75, 3.05) is 12.4 Å². The van der Waals surface area contributed by atoms with Crippen LogP contribution in [0.5, 0.6) is 5.75 Å². The summed E-state index contributed by atoms with van der Waals surface area (Å²) in [5, 5.41) is 18.1. The van der Waals surface area contributed by atoms with Gasteiger partial charge in [0, 0.05) is 17.1 Å². The van der Waals surface area contributed by atoms with Gasteiger partial charge in [0.1, 0.15) is 23.7 Å². The average Bonchev–Trinajstić information content (AvgIpc) is 3.27. The summed E-state index contributed by atoms with van der Waals surface area (Å²) in [5.74, 6) is 0.408. The van der Waals surface area contributed by atoms with Crippen molar-refractivity contribution < 1.29 is 9.53 Å². The van der Waals surface area contributed by atoms with Crippen molar-refractivity contribution in [2.45, 2.75) is 13.8 Å². The van der Waals surface area contributed by atoms with Gasteiger partial charge in [-0.15, -0.1) is 0 Å². The fraction of sp³-hybridized carbons (Fsp3) is 0.158. The molecule has 1 amide bonds. The first-order valence-electron chi connectivity index (χ1n) is 8.15. The van der Waals surface area contributed by atoms with Crippen LogP contribution in [0.3, 0.4) is 0 Å². The normalized spacial score (nSPS) is 11.1. The van der Waals surface area contributed by atoms with Crippen LogP contribution in [0.4, 0.5) is 5.95 Å². The van der Waals surface area contributed by atoms with Crippen molar-refractivity contribution in [1.82, 2.24) is 19.7 Å². The molecule has 0 aliphatic rings. The number of benzene rings is 1. The molecule has 0 radical (unpaired) electrons. The van der Waals surface area contributed by atoms with Crippen LogP contribution in [-0.4, -0.2) is 32.8 Å². The number of amides is 1. The van der Waals surface area contributed by atoms with E-state index in [4.69, 9.17) is 4.74 Å². The predicted octanol–water partition coefficient (Wildman–Crippen LogP) is 2.77. The lowest BCUT2D eigenvalue weighted by molar-refractivity contribution is -0.112. The molecule has 0 atom stereocenters. The maximum absolute atomic E-state index is 12.3. The number of aryl methyl sites for hydroxylation is 1. The van der Waals surface area contributed by atoms with Gasteiger partial charge < -0.3 is 9.30 Å². The lowest BCUT2D eigenvalue weighted by Gasteiger charge is -2.10. The molecule has 0 fully saturated rings. The van der Waals surface area contributed by atoms with Crippen LogP contribution in [-0.2, 0) is 4.79 Å². The van der Waals surface area contributed by atoms with Crippen LogP contribution >= 0.6 is 0 Å². The Hall–Kier alpha value is -3.86. The first kappa shape index (κ1) is 17.9. The minimum Gasteiger partial charge on any atom is -0.497 e. The highest BCUT2D eigenvalue weighted by molar-refractivity contribution is 6.09. The third-order valence-electron chi connectivity index (χ3n) is 4.11. The Morgan fingerprint density at radius 3 is 2.67 bits per heavy atom. The molecule has 8 nitrogen and oxygen atoms in total. The van der Waals surface area contributed by atoms with E-state index < -0.39 is 5.91 Å². The molecule has 3 rings (SSSR count). The number of carbonyl (C=O) groups is 1. The number of hydrogen-bond donors (Lipinski definition) is 2. The second kappa shape index (κ2) is 7.58. The standard InChI is InChI=1S/C19H18N6O2/c1-12-8-14(9-15(10-20)18(26)23-19-21-11-22-24-19)13(2)25(12)16-4-6-17(27-3)7-5-16/h4-9,11H,1-3H3,(H2,21,22,23,24,26). The zero-order chi connectivity index (χ0) is 19.4. The molecule has 2 N–H and O–H groups in total. The van der Waals surface area contributed by atoms with E-state index in [1.165, 1.54) is 6.33 Å². The smallest absolute Gasteiger partial charge is 0.268 e. The molecule has 0 aliphatic carbocycles. The third kappa shape index (κ3) is 3.72. The van der Waals surface area contributed by atoms with E-state index in [0.717, 1.165) is 28.4 Å². The Balaban J connectivity index is 1.93. The number of hydrogen-bond acceptors (Lipinski definition) is 5. The van der Waals surface area contributed by atoms with Crippen LogP contribution < -0.4 is 10.1 Å². The second-order valence-electron chi connectivity index (χ2n) is 5.82. The van der Waals surface area contributed by atoms with Crippen LogP contribution in [0.25, 0.3) is 11.8 Å². The molecule has 2 heterocycles. The van der Waals surface area contributed by atoms with E-state index >= 15 is 0 Å². The first-order valence-corrected chi connectivity index (χ1v) is 8.15. The Kier molecular flexibility index (Phi) is 5.04. The topological polar surface area (TPSA) is 109 Å². The highest BCUT2D eigenvalue weighted by Crippen LogP contribution is 2.24. The summed E-state index contributed by atoms with van der Waals surface area (Å²) in [4.78, 5) is 16.1. The number of rotatable bonds is 5. The van der Waals surface area contributed by atoms with E-state index in [1.54, 1.807) is 13.2 Å². The number of nitriles is 1. The summed E-state index contributed by atoms with van der Waals surface area (Å²) in [7, 11) is 1.62. The van der Waals surface area contributed by atoms with Crippen molar-refractivity contribution in [3.8, 4) is 17.5 Å². The maximum atomic E-state index is 12.3. The van der Waals surface area contributed by atoms with Gasteiger partial charge in [-0.3, -0.25) is 10.1 Å². The summed E-state index contributed by atoms with van der Waals surface area (Å²) in [6.45, 7) is 3.90. The van der Waals surface area contributed by atoms with Crippen LogP contribution in [0.2, 0.25) is 0 Å². The van der Waals surface area contributed by atoms with E-state index in [1.807, 2.05) is 50.2 Å². The number of nitrogens with one attached hydrogen (secondary N) is 2. The van der Waals surface area contributed by atoms with Gasteiger partial charge in [0.15, 0.2) is 0 Å². The SMILES string of the molecule is COc1ccc(-n2c(C)cc(C=C(C#N)C(=O)Nc3ncn[nH]3)c2C)cc1. The molecule has 8 heteroatoms. The monoisotopic (exact) mass is 362 g/mol. The molecular formula is C19H18N6O2. The fourth-order valence-electron chi connectivity index (χ4n) is 2.81. The van der Waals surface area contributed by atoms with Gasteiger partial charge in [-0.05, 0) is 55.8 Å². The van der Waals surface area contributed by atoms with Gasteiger partial charge in [0.25, 0.3) is 5.91 Å². The molecule has 2 aromatic heterocycles. The molecule has 27 heavy (non-hydrogen) atoms. The predicted molar refractivity (Wildman–Crippen MR) is 100 cm³/mol. The molecule has 0 saturated carbocycles. The fourth-order valence-corrected chi connectivity index (χ4v) is 2.81. The second-order valence-corrected chi connectivity index (χ2v) is 5.82. The summed E-state index contributed by atoms with van der Waals surface area (Å²) < 4.78 is 7.25. The van der Waals surface area contributed by atoms with Gasteiger partial charge in [-0.1, -0.05) is 0 Å². The summed E-state index contributed by atoms with van der Waals surface area (Å²) in [6.07, 6.45) is 2.84. The quantitative estimate of drug-likeness (QED) is 0.536. The van der Waals surface area contributed by atoms with Crippen molar-refractivity contribution in [1.29, 1.82) is 5.26 Å². The lowest BCUT2D eigenvalue weighted by Crippen LogP contribution is -2.14. The maximum Gasteiger partial charge on any atom is 0.268 e.